The summed E-state index contributed by atoms with van der Waals surface area (Å²) in [5.74, 6) is -0.753. The Labute approximate surface area is 126 Å². The maximum Gasteiger partial charge on any atom is 0.263 e. The van der Waals surface area contributed by atoms with E-state index in [1.165, 1.54) is 23.5 Å². The van der Waals surface area contributed by atoms with Gasteiger partial charge in [0, 0.05) is 4.88 Å². The molecule has 1 aliphatic rings. The molecule has 0 radical (unpaired) electrons. The Morgan fingerprint density at radius 3 is 2.76 bits per heavy atom. The summed E-state index contributed by atoms with van der Waals surface area (Å²) in [4.78, 5) is 5.27. The molecule has 2 aromatic rings. The predicted molar refractivity (Wildman–Crippen MR) is 80.4 cm³/mol. The van der Waals surface area contributed by atoms with Crippen LogP contribution in [0.3, 0.4) is 0 Å². The molecule has 21 heavy (non-hydrogen) atoms. The number of nitrogens with zero attached hydrogens (tertiary/aromatic N) is 1. The highest BCUT2D eigenvalue weighted by Gasteiger charge is 2.20. The third kappa shape index (κ3) is 2.86. The van der Waals surface area contributed by atoms with Crippen LogP contribution >= 0.6 is 11.3 Å². The molecular weight excluding hydrogens is 313 g/mol. The van der Waals surface area contributed by atoms with E-state index in [2.05, 4.69) is 9.71 Å². The van der Waals surface area contributed by atoms with Crippen molar-refractivity contribution in [3.63, 3.8) is 0 Å². The van der Waals surface area contributed by atoms with E-state index in [1.807, 2.05) is 0 Å². The summed E-state index contributed by atoms with van der Waals surface area (Å²) in [5, 5.41) is 0.333. The van der Waals surface area contributed by atoms with Crippen LogP contribution in [0.5, 0.6) is 0 Å². The maximum atomic E-state index is 13.4. The molecule has 0 fully saturated rings. The highest BCUT2D eigenvalue weighted by atomic mass is 32.2. The third-order valence-corrected chi connectivity index (χ3v) is 5.89. The summed E-state index contributed by atoms with van der Waals surface area (Å²) in [7, 11) is -3.85. The molecule has 5 nitrogen and oxygen atoms in total. The maximum absolute atomic E-state index is 13.4. The number of hydrogen-bond acceptors (Lipinski definition) is 5. The zero-order valence-corrected chi connectivity index (χ0v) is 12.7. The number of fused-ring (bicyclic) bond motifs is 1. The molecule has 1 heterocycles. The molecule has 0 bridgehead atoms. The van der Waals surface area contributed by atoms with Crippen molar-refractivity contribution in [3.8, 4) is 0 Å². The number of aryl methyl sites for hydroxylation is 2. The Hall–Kier alpha value is -1.67. The van der Waals surface area contributed by atoms with Crippen LogP contribution in [0.25, 0.3) is 0 Å². The first-order valence-corrected chi connectivity index (χ1v) is 8.82. The Morgan fingerprint density at radius 1 is 1.29 bits per heavy atom. The highest BCUT2D eigenvalue weighted by molar-refractivity contribution is 7.93. The lowest BCUT2D eigenvalue weighted by molar-refractivity contribution is 0.596. The number of halogens is 1. The summed E-state index contributed by atoms with van der Waals surface area (Å²) in [5.41, 5.74) is 6.23. The van der Waals surface area contributed by atoms with Gasteiger partial charge in [-0.1, -0.05) is 0 Å². The number of benzene rings is 1. The van der Waals surface area contributed by atoms with Crippen LogP contribution < -0.4 is 10.5 Å². The first kappa shape index (κ1) is 14.3. The first-order chi connectivity index (χ1) is 9.95. The van der Waals surface area contributed by atoms with Crippen molar-refractivity contribution in [1.29, 1.82) is 0 Å². The minimum Gasteiger partial charge on any atom is -0.396 e. The van der Waals surface area contributed by atoms with Crippen LogP contribution in [-0.4, -0.2) is 13.4 Å². The zero-order valence-electron chi connectivity index (χ0n) is 11.1. The van der Waals surface area contributed by atoms with Crippen molar-refractivity contribution >= 4 is 32.2 Å². The van der Waals surface area contributed by atoms with Gasteiger partial charge in [-0.2, -0.15) is 0 Å². The van der Waals surface area contributed by atoms with Crippen LogP contribution in [0.4, 0.5) is 15.2 Å². The summed E-state index contributed by atoms with van der Waals surface area (Å²) in [6, 6.07) is 3.41. The molecule has 0 aliphatic heterocycles. The van der Waals surface area contributed by atoms with Gasteiger partial charge in [0.05, 0.1) is 16.3 Å². The van der Waals surface area contributed by atoms with Crippen LogP contribution in [0.2, 0.25) is 0 Å². The van der Waals surface area contributed by atoms with E-state index < -0.39 is 15.8 Å². The fourth-order valence-electron chi connectivity index (χ4n) is 2.24. The SMILES string of the molecule is Nc1ccc(S(=O)(=O)Nc2nc3c(s2)CCCC3)cc1F. The number of hydrogen-bond donors (Lipinski definition) is 2. The molecule has 1 aromatic carbocycles. The van der Waals surface area contributed by atoms with Crippen molar-refractivity contribution in [3.05, 3.63) is 34.6 Å². The number of nitrogens with two attached hydrogens (primary N) is 1. The number of nitrogens with one attached hydrogen (secondary N) is 1. The molecule has 0 unspecified atom stereocenters. The molecule has 0 spiro atoms. The summed E-state index contributed by atoms with van der Waals surface area (Å²) in [6.07, 6.45) is 3.99. The first-order valence-electron chi connectivity index (χ1n) is 6.52. The molecule has 1 aliphatic carbocycles. The zero-order chi connectivity index (χ0) is 15.0. The smallest absolute Gasteiger partial charge is 0.263 e. The third-order valence-electron chi connectivity index (χ3n) is 3.35. The quantitative estimate of drug-likeness (QED) is 0.848. The largest absolute Gasteiger partial charge is 0.396 e. The van der Waals surface area contributed by atoms with Crippen LogP contribution in [0.1, 0.15) is 23.4 Å². The second-order valence-electron chi connectivity index (χ2n) is 4.88. The van der Waals surface area contributed by atoms with Gasteiger partial charge in [-0.25, -0.2) is 17.8 Å². The average molecular weight is 327 g/mol. The van der Waals surface area contributed by atoms with Crippen LogP contribution in [0, 0.1) is 5.82 Å². The van der Waals surface area contributed by atoms with E-state index in [1.54, 1.807) is 0 Å². The molecule has 1 aromatic heterocycles. The fourth-order valence-corrected chi connectivity index (χ4v) is 4.54. The van der Waals surface area contributed by atoms with Gasteiger partial charge in [0.25, 0.3) is 10.0 Å². The molecule has 112 valence electrons. The van der Waals surface area contributed by atoms with E-state index >= 15 is 0 Å². The van der Waals surface area contributed by atoms with Gasteiger partial charge in [-0.3, -0.25) is 4.72 Å². The van der Waals surface area contributed by atoms with Crippen molar-refractivity contribution in [2.75, 3.05) is 10.5 Å². The minimum atomic E-state index is -3.85. The standard InChI is InChI=1S/C13H14FN3O2S2/c14-9-7-8(5-6-10(9)15)21(18,19)17-13-16-11-3-1-2-4-12(11)20-13/h5-7H,1-4,15H2,(H,16,17). The molecular formula is C13H14FN3O2S2. The fraction of sp³-hybridized carbons (Fsp3) is 0.308. The van der Waals surface area contributed by atoms with Crippen molar-refractivity contribution in [2.45, 2.75) is 30.6 Å². The van der Waals surface area contributed by atoms with Gasteiger partial charge in [0.1, 0.15) is 5.82 Å². The number of rotatable bonds is 3. The van der Waals surface area contributed by atoms with E-state index in [-0.39, 0.29) is 10.6 Å². The van der Waals surface area contributed by atoms with E-state index in [0.29, 0.717) is 5.13 Å². The van der Waals surface area contributed by atoms with Crippen LogP contribution in [-0.2, 0) is 22.9 Å². The van der Waals surface area contributed by atoms with Crippen molar-refractivity contribution < 1.29 is 12.8 Å². The average Bonchev–Trinajstić information content (AvgIpc) is 2.82. The second kappa shape index (κ2) is 5.27. The van der Waals surface area contributed by atoms with E-state index in [9.17, 15) is 12.8 Å². The van der Waals surface area contributed by atoms with Gasteiger partial charge in [0.2, 0.25) is 0 Å². The lowest BCUT2D eigenvalue weighted by atomic mass is 10.0. The summed E-state index contributed by atoms with van der Waals surface area (Å²) >= 11 is 1.34. The van der Waals surface area contributed by atoms with Gasteiger partial charge in [0.15, 0.2) is 5.13 Å². The molecule has 3 N–H and O–H groups in total. The van der Waals surface area contributed by atoms with E-state index in [4.69, 9.17) is 5.73 Å². The lowest BCUT2D eigenvalue weighted by Crippen LogP contribution is -2.13. The number of thiazole rings is 1. The normalized spacial score (nSPS) is 14.7. The summed E-state index contributed by atoms with van der Waals surface area (Å²) in [6.45, 7) is 0. The molecule has 8 heteroatoms. The molecule has 0 saturated carbocycles. The lowest BCUT2D eigenvalue weighted by Gasteiger charge is -2.06. The molecule has 0 saturated heterocycles. The van der Waals surface area contributed by atoms with Crippen molar-refractivity contribution in [2.24, 2.45) is 0 Å². The molecule has 0 amide bonds. The minimum absolute atomic E-state index is 0.0846. The number of anilines is 2. The van der Waals surface area contributed by atoms with Crippen molar-refractivity contribution in [1.82, 2.24) is 4.98 Å². The predicted octanol–water partition coefficient (Wildman–Crippen LogP) is 2.54. The second-order valence-corrected chi connectivity index (χ2v) is 7.65. The molecule has 0 atom stereocenters. The van der Waals surface area contributed by atoms with Gasteiger partial charge in [-0.15, -0.1) is 11.3 Å². The number of nitrogen functional groups attached to an aromatic ring is 1. The number of sulfonamides is 1. The van der Waals surface area contributed by atoms with Crippen LogP contribution in [0.15, 0.2) is 23.1 Å². The van der Waals surface area contributed by atoms with Gasteiger partial charge < -0.3 is 5.73 Å². The Kier molecular flexibility index (Phi) is 3.58. The number of aromatic nitrogens is 1. The van der Waals surface area contributed by atoms with Gasteiger partial charge in [-0.05, 0) is 43.9 Å². The Morgan fingerprint density at radius 2 is 2.05 bits per heavy atom. The van der Waals surface area contributed by atoms with Gasteiger partial charge >= 0.3 is 0 Å². The molecule has 3 rings (SSSR count). The van der Waals surface area contributed by atoms with E-state index in [0.717, 1.165) is 42.3 Å². The Balaban J connectivity index is 1.88. The monoisotopic (exact) mass is 327 g/mol. The Bertz CT molecular complexity index is 763. The summed E-state index contributed by atoms with van der Waals surface area (Å²) < 4.78 is 40.3. The highest BCUT2D eigenvalue weighted by Crippen LogP contribution is 2.31. The topological polar surface area (TPSA) is 85.1 Å².